The van der Waals surface area contributed by atoms with Gasteiger partial charge in [0.05, 0.1) is 26.9 Å². The number of hydrogen-bond acceptors (Lipinski definition) is 4. The number of aliphatic hydroxyl groups excluding tert-OH is 1. The lowest BCUT2D eigenvalue weighted by atomic mass is 9.87. The molecule has 4 nitrogen and oxygen atoms in total. The molecule has 0 saturated heterocycles. The molecule has 112 valence electrons. The van der Waals surface area contributed by atoms with Gasteiger partial charge in [0.1, 0.15) is 0 Å². The Morgan fingerprint density at radius 2 is 2.00 bits per heavy atom. The van der Waals surface area contributed by atoms with Crippen molar-refractivity contribution in [2.24, 2.45) is 5.92 Å². The van der Waals surface area contributed by atoms with Gasteiger partial charge in [-0.15, -0.1) is 0 Å². The van der Waals surface area contributed by atoms with Crippen LogP contribution in [-0.2, 0) is 11.2 Å². The van der Waals surface area contributed by atoms with E-state index in [2.05, 4.69) is 6.92 Å². The van der Waals surface area contributed by atoms with Gasteiger partial charge in [0.15, 0.2) is 11.5 Å². The van der Waals surface area contributed by atoms with Crippen molar-refractivity contribution < 1.29 is 19.3 Å². The molecule has 2 unspecified atom stereocenters. The van der Waals surface area contributed by atoms with Crippen molar-refractivity contribution in [3.8, 4) is 11.5 Å². The Labute approximate surface area is 120 Å². The Morgan fingerprint density at radius 1 is 1.30 bits per heavy atom. The Morgan fingerprint density at radius 3 is 2.60 bits per heavy atom. The van der Waals surface area contributed by atoms with Crippen LogP contribution in [0.5, 0.6) is 11.5 Å². The fraction of sp³-hybridized carbons (Fsp3) is 0.625. The molecule has 4 heteroatoms. The van der Waals surface area contributed by atoms with E-state index in [4.69, 9.17) is 14.2 Å². The molecule has 1 aliphatic rings. The van der Waals surface area contributed by atoms with E-state index >= 15 is 0 Å². The third-order valence-corrected chi connectivity index (χ3v) is 3.94. The summed E-state index contributed by atoms with van der Waals surface area (Å²) in [7, 11) is 3.28. The van der Waals surface area contributed by atoms with E-state index in [9.17, 15) is 5.11 Å². The minimum atomic E-state index is -0.0523. The second-order valence-electron chi connectivity index (χ2n) is 5.18. The summed E-state index contributed by atoms with van der Waals surface area (Å²) in [5, 5.41) is 9.63. The number of ether oxygens (including phenoxy) is 3. The van der Waals surface area contributed by atoms with Crippen LogP contribution in [0, 0.1) is 5.92 Å². The summed E-state index contributed by atoms with van der Waals surface area (Å²) in [5.74, 6) is 1.61. The molecule has 2 atom stereocenters. The number of hydrogen-bond donors (Lipinski definition) is 1. The molecule has 1 N–H and O–H groups in total. The van der Waals surface area contributed by atoms with Gasteiger partial charge in [-0.1, -0.05) is 13.3 Å². The van der Waals surface area contributed by atoms with Crippen molar-refractivity contribution in [2.75, 3.05) is 27.4 Å². The highest BCUT2D eigenvalue weighted by Gasteiger charge is 2.29. The van der Waals surface area contributed by atoms with Crippen molar-refractivity contribution in [3.63, 3.8) is 0 Å². The monoisotopic (exact) mass is 280 g/mol. The van der Waals surface area contributed by atoms with Crippen LogP contribution < -0.4 is 9.47 Å². The topological polar surface area (TPSA) is 47.9 Å². The first-order valence-corrected chi connectivity index (χ1v) is 7.22. The number of fused-ring (bicyclic) bond motifs is 1. The third-order valence-electron chi connectivity index (χ3n) is 3.94. The first-order valence-electron chi connectivity index (χ1n) is 7.22. The van der Waals surface area contributed by atoms with Crippen molar-refractivity contribution in [3.05, 3.63) is 23.3 Å². The van der Waals surface area contributed by atoms with Crippen LogP contribution in [0.15, 0.2) is 12.1 Å². The van der Waals surface area contributed by atoms with Crippen LogP contribution in [0.2, 0.25) is 0 Å². The Hall–Kier alpha value is -1.26. The maximum atomic E-state index is 9.63. The van der Waals surface area contributed by atoms with Gasteiger partial charge in [0.25, 0.3) is 0 Å². The minimum absolute atomic E-state index is 0.0523. The normalized spacial score (nSPS) is 19.3. The highest BCUT2D eigenvalue weighted by molar-refractivity contribution is 5.49. The molecule has 1 aliphatic heterocycles. The zero-order chi connectivity index (χ0) is 14.5. The number of benzene rings is 1. The summed E-state index contributed by atoms with van der Waals surface area (Å²) < 4.78 is 16.7. The predicted octanol–water partition coefficient (Wildman–Crippen LogP) is 2.73. The molecule has 0 fully saturated rings. The molecule has 0 aliphatic carbocycles. The van der Waals surface area contributed by atoms with E-state index in [1.54, 1.807) is 14.2 Å². The van der Waals surface area contributed by atoms with Crippen LogP contribution in [-0.4, -0.2) is 32.5 Å². The molecule has 0 amide bonds. The Balaban J connectivity index is 2.38. The zero-order valence-corrected chi connectivity index (χ0v) is 12.5. The average molecular weight is 280 g/mol. The highest BCUT2D eigenvalue weighted by Crippen LogP contribution is 2.40. The molecule has 0 bridgehead atoms. The number of aliphatic hydroxyl groups is 1. The van der Waals surface area contributed by atoms with Crippen LogP contribution in [0.25, 0.3) is 0 Å². The van der Waals surface area contributed by atoms with Crippen molar-refractivity contribution in [1.29, 1.82) is 0 Å². The van der Waals surface area contributed by atoms with Crippen molar-refractivity contribution >= 4 is 0 Å². The number of rotatable bonds is 6. The molecule has 0 aromatic heterocycles. The summed E-state index contributed by atoms with van der Waals surface area (Å²) in [6, 6.07) is 4.03. The van der Waals surface area contributed by atoms with Gasteiger partial charge in [-0.2, -0.15) is 0 Å². The second-order valence-corrected chi connectivity index (χ2v) is 5.18. The number of methoxy groups -OCH3 is 2. The molecular weight excluding hydrogens is 256 g/mol. The Bertz CT molecular complexity index is 444. The van der Waals surface area contributed by atoms with Crippen LogP contribution in [0.3, 0.4) is 0 Å². The van der Waals surface area contributed by atoms with E-state index in [-0.39, 0.29) is 18.6 Å². The molecular formula is C16H24O4. The van der Waals surface area contributed by atoms with Crippen LogP contribution >= 0.6 is 0 Å². The summed E-state index contributed by atoms with van der Waals surface area (Å²) in [6.07, 6.45) is 2.81. The van der Waals surface area contributed by atoms with E-state index in [1.165, 1.54) is 5.56 Å². The summed E-state index contributed by atoms with van der Waals surface area (Å²) in [5.41, 5.74) is 2.36. The first kappa shape index (κ1) is 15.1. The van der Waals surface area contributed by atoms with Gasteiger partial charge < -0.3 is 19.3 Å². The fourth-order valence-electron chi connectivity index (χ4n) is 2.90. The Kier molecular flexibility index (Phi) is 5.26. The zero-order valence-electron chi connectivity index (χ0n) is 12.5. The molecule has 0 saturated carbocycles. The molecule has 0 spiro atoms. The van der Waals surface area contributed by atoms with Gasteiger partial charge in [-0.05, 0) is 36.1 Å². The molecule has 2 rings (SSSR count). The minimum Gasteiger partial charge on any atom is -0.493 e. The standard InChI is InChI=1S/C16H24O4/c1-4-5-12(10-17)16-13-9-15(19-3)14(18-2)8-11(13)6-7-20-16/h8-9,12,16-17H,4-7,10H2,1-3H3. The maximum Gasteiger partial charge on any atom is 0.161 e. The molecule has 0 radical (unpaired) electrons. The molecule has 1 heterocycles. The largest absolute Gasteiger partial charge is 0.493 e. The molecule has 1 aromatic rings. The van der Waals surface area contributed by atoms with E-state index in [0.717, 1.165) is 36.3 Å². The van der Waals surface area contributed by atoms with E-state index in [1.807, 2.05) is 12.1 Å². The summed E-state index contributed by atoms with van der Waals surface area (Å²) in [4.78, 5) is 0. The predicted molar refractivity (Wildman–Crippen MR) is 77.4 cm³/mol. The van der Waals surface area contributed by atoms with Crippen LogP contribution in [0.4, 0.5) is 0 Å². The maximum absolute atomic E-state index is 9.63. The van der Waals surface area contributed by atoms with Gasteiger partial charge >= 0.3 is 0 Å². The van der Waals surface area contributed by atoms with Crippen molar-refractivity contribution in [2.45, 2.75) is 32.3 Å². The SMILES string of the molecule is CCCC(CO)C1OCCc2cc(OC)c(OC)cc21. The van der Waals surface area contributed by atoms with Gasteiger partial charge in [0.2, 0.25) is 0 Å². The van der Waals surface area contributed by atoms with Gasteiger partial charge in [-0.25, -0.2) is 0 Å². The smallest absolute Gasteiger partial charge is 0.161 e. The second kappa shape index (κ2) is 6.95. The first-order chi connectivity index (χ1) is 9.74. The summed E-state index contributed by atoms with van der Waals surface area (Å²) in [6.45, 7) is 2.96. The fourth-order valence-corrected chi connectivity index (χ4v) is 2.90. The molecule has 20 heavy (non-hydrogen) atoms. The van der Waals surface area contributed by atoms with Gasteiger partial charge in [0, 0.05) is 12.5 Å². The molecule has 1 aromatic carbocycles. The van der Waals surface area contributed by atoms with E-state index in [0.29, 0.717) is 6.61 Å². The lowest BCUT2D eigenvalue weighted by Gasteiger charge is -2.32. The average Bonchev–Trinajstić information content (AvgIpc) is 2.50. The lowest BCUT2D eigenvalue weighted by molar-refractivity contribution is -0.0198. The third kappa shape index (κ3) is 2.91. The van der Waals surface area contributed by atoms with Gasteiger partial charge in [-0.3, -0.25) is 0 Å². The summed E-state index contributed by atoms with van der Waals surface area (Å²) >= 11 is 0. The van der Waals surface area contributed by atoms with Crippen molar-refractivity contribution in [1.82, 2.24) is 0 Å². The lowest BCUT2D eigenvalue weighted by Crippen LogP contribution is -2.25. The van der Waals surface area contributed by atoms with E-state index < -0.39 is 0 Å². The highest BCUT2D eigenvalue weighted by atomic mass is 16.5. The quantitative estimate of drug-likeness (QED) is 0.870. The van der Waals surface area contributed by atoms with Crippen LogP contribution in [0.1, 0.15) is 37.0 Å².